The zero-order chi connectivity index (χ0) is 20.2. The lowest BCUT2D eigenvalue weighted by Crippen LogP contribution is -2.11. The molecule has 0 radical (unpaired) electrons. The maximum atomic E-state index is 12.5. The zero-order valence-electron chi connectivity index (χ0n) is 15.5. The summed E-state index contributed by atoms with van der Waals surface area (Å²) in [4.78, 5) is 29.8. The van der Waals surface area contributed by atoms with Gasteiger partial charge in [0.25, 0.3) is 11.8 Å². The second-order valence-electron chi connectivity index (χ2n) is 6.27. The molecule has 0 aliphatic carbocycles. The van der Waals surface area contributed by atoms with Crippen molar-refractivity contribution in [1.82, 2.24) is 14.8 Å². The number of benzene rings is 2. The van der Waals surface area contributed by atoms with E-state index in [9.17, 15) is 9.59 Å². The minimum Gasteiger partial charge on any atom is -0.321 e. The Kier molecular flexibility index (Phi) is 5.17. The summed E-state index contributed by atoms with van der Waals surface area (Å²) in [6.45, 7) is 1.93. The molecule has 2 amide bonds. The van der Waals surface area contributed by atoms with Crippen molar-refractivity contribution in [2.75, 3.05) is 10.6 Å². The maximum Gasteiger partial charge on any atom is 0.265 e. The van der Waals surface area contributed by atoms with Gasteiger partial charge in [-0.2, -0.15) is 5.10 Å². The number of aromatic nitrogens is 3. The van der Waals surface area contributed by atoms with E-state index in [1.54, 1.807) is 35.3 Å². The van der Waals surface area contributed by atoms with Crippen molar-refractivity contribution in [2.24, 2.45) is 0 Å². The number of para-hydroxylation sites is 1. The number of nitrogens with one attached hydrogen (secondary N) is 2. The standard InChI is InChI=1S/C21H17N5O2S/c1-14-4-2-3-5-17(14)25-21(28)19-11-10-18(29-19)20(27)24-15-6-8-16(9-7-15)26-13-22-12-23-26/h2-13H,1H3,(H,24,27)(H,25,28). The molecule has 144 valence electrons. The van der Waals surface area contributed by atoms with E-state index in [0.717, 1.165) is 28.3 Å². The van der Waals surface area contributed by atoms with Crippen molar-refractivity contribution in [1.29, 1.82) is 0 Å². The molecule has 4 rings (SSSR count). The largest absolute Gasteiger partial charge is 0.321 e. The molecule has 2 aromatic heterocycles. The Hall–Kier alpha value is -3.78. The summed E-state index contributed by atoms with van der Waals surface area (Å²) in [5, 5.41) is 9.77. The molecule has 0 fully saturated rings. The van der Waals surface area contributed by atoms with Gasteiger partial charge >= 0.3 is 0 Å². The lowest BCUT2D eigenvalue weighted by molar-refractivity contribution is 0.102. The number of rotatable bonds is 5. The fraction of sp³-hybridized carbons (Fsp3) is 0.0476. The maximum absolute atomic E-state index is 12.5. The highest BCUT2D eigenvalue weighted by Gasteiger charge is 2.15. The topological polar surface area (TPSA) is 88.9 Å². The fourth-order valence-corrected chi connectivity index (χ4v) is 3.51. The normalized spacial score (nSPS) is 10.5. The van der Waals surface area contributed by atoms with Gasteiger partial charge in [0.05, 0.1) is 15.4 Å². The van der Waals surface area contributed by atoms with Gasteiger partial charge in [0, 0.05) is 11.4 Å². The Bertz CT molecular complexity index is 1150. The Balaban J connectivity index is 1.42. The highest BCUT2D eigenvalue weighted by atomic mass is 32.1. The van der Waals surface area contributed by atoms with Gasteiger partial charge in [-0.1, -0.05) is 18.2 Å². The summed E-state index contributed by atoms with van der Waals surface area (Å²) in [6, 6.07) is 18.1. The van der Waals surface area contributed by atoms with E-state index in [1.165, 1.54) is 6.33 Å². The van der Waals surface area contributed by atoms with E-state index in [0.29, 0.717) is 15.4 Å². The third kappa shape index (κ3) is 4.22. The average molecular weight is 403 g/mol. The number of amides is 2. The van der Waals surface area contributed by atoms with Crippen LogP contribution in [0.2, 0.25) is 0 Å². The molecule has 0 aliphatic rings. The van der Waals surface area contributed by atoms with Crippen LogP contribution in [-0.2, 0) is 0 Å². The van der Waals surface area contributed by atoms with Crippen LogP contribution in [0.3, 0.4) is 0 Å². The summed E-state index contributed by atoms with van der Waals surface area (Å²) in [6.07, 6.45) is 3.06. The number of thiophene rings is 1. The van der Waals surface area contributed by atoms with E-state index < -0.39 is 0 Å². The molecular weight excluding hydrogens is 386 g/mol. The first-order valence-electron chi connectivity index (χ1n) is 8.83. The molecule has 2 N–H and O–H groups in total. The monoisotopic (exact) mass is 403 g/mol. The van der Waals surface area contributed by atoms with Crippen molar-refractivity contribution in [3.05, 3.63) is 88.6 Å². The molecule has 0 bridgehead atoms. The van der Waals surface area contributed by atoms with Gasteiger partial charge in [-0.3, -0.25) is 9.59 Å². The second-order valence-corrected chi connectivity index (χ2v) is 7.36. The zero-order valence-corrected chi connectivity index (χ0v) is 16.3. The predicted octanol–water partition coefficient (Wildman–Crippen LogP) is 4.14. The molecule has 0 saturated heterocycles. The van der Waals surface area contributed by atoms with Crippen LogP contribution in [0.1, 0.15) is 24.9 Å². The smallest absolute Gasteiger partial charge is 0.265 e. The SMILES string of the molecule is Cc1ccccc1NC(=O)c1ccc(C(=O)Nc2ccc(-n3cncn3)cc2)s1. The first kappa shape index (κ1) is 18.6. The van der Waals surface area contributed by atoms with Gasteiger partial charge in [-0.15, -0.1) is 11.3 Å². The summed E-state index contributed by atoms with van der Waals surface area (Å²) >= 11 is 1.15. The van der Waals surface area contributed by atoms with E-state index in [2.05, 4.69) is 20.7 Å². The minimum atomic E-state index is -0.265. The Labute approximate surface area is 171 Å². The van der Waals surface area contributed by atoms with Gasteiger partial charge in [0.15, 0.2) is 0 Å². The molecule has 7 nitrogen and oxygen atoms in total. The summed E-state index contributed by atoms with van der Waals surface area (Å²) in [7, 11) is 0. The van der Waals surface area contributed by atoms with Gasteiger partial charge < -0.3 is 10.6 Å². The Morgan fingerprint density at radius 1 is 0.897 bits per heavy atom. The van der Waals surface area contributed by atoms with E-state index >= 15 is 0 Å². The number of hydrogen-bond acceptors (Lipinski definition) is 5. The molecule has 0 saturated carbocycles. The molecule has 0 aliphatic heterocycles. The summed E-state index contributed by atoms with van der Waals surface area (Å²) < 4.78 is 1.63. The van der Waals surface area contributed by atoms with Crippen molar-refractivity contribution in [3.8, 4) is 5.69 Å². The number of hydrogen-bond donors (Lipinski definition) is 2. The molecule has 8 heteroatoms. The van der Waals surface area contributed by atoms with Crippen LogP contribution in [-0.4, -0.2) is 26.6 Å². The number of anilines is 2. The van der Waals surface area contributed by atoms with Crippen LogP contribution >= 0.6 is 11.3 Å². The van der Waals surface area contributed by atoms with Crippen LogP contribution < -0.4 is 10.6 Å². The van der Waals surface area contributed by atoms with Crippen molar-refractivity contribution in [2.45, 2.75) is 6.92 Å². The summed E-state index contributed by atoms with van der Waals surface area (Å²) in [5.74, 6) is -0.501. The minimum absolute atomic E-state index is 0.236. The van der Waals surface area contributed by atoms with Crippen LogP contribution in [0.5, 0.6) is 0 Å². The number of nitrogens with zero attached hydrogens (tertiary/aromatic N) is 3. The van der Waals surface area contributed by atoms with E-state index in [4.69, 9.17) is 0 Å². The first-order chi connectivity index (χ1) is 14.1. The highest BCUT2D eigenvalue weighted by molar-refractivity contribution is 7.16. The van der Waals surface area contributed by atoms with Crippen molar-refractivity contribution in [3.63, 3.8) is 0 Å². The lowest BCUT2D eigenvalue weighted by Gasteiger charge is -2.06. The summed E-state index contributed by atoms with van der Waals surface area (Å²) in [5.41, 5.74) is 3.22. The van der Waals surface area contributed by atoms with E-state index in [1.807, 2.05) is 43.3 Å². The third-order valence-corrected chi connectivity index (χ3v) is 5.34. The molecule has 0 atom stereocenters. The highest BCUT2D eigenvalue weighted by Crippen LogP contribution is 2.21. The first-order valence-corrected chi connectivity index (χ1v) is 9.65. The van der Waals surface area contributed by atoms with Gasteiger partial charge in [0.1, 0.15) is 12.7 Å². The van der Waals surface area contributed by atoms with Crippen molar-refractivity contribution >= 4 is 34.5 Å². The average Bonchev–Trinajstić information content (AvgIpc) is 3.43. The molecular formula is C21H17N5O2S. The molecule has 0 spiro atoms. The molecule has 0 unspecified atom stereocenters. The van der Waals surface area contributed by atoms with Crippen LogP contribution in [0.15, 0.2) is 73.3 Å². The van der Waals surface area contributed by atoms with E-state index in [-0.39, 0.29) is 11.8 Å². The van der Waals surface area contributed by atoms with Gasteiger partial charge in [-0.25, -0.2) is 9.67 Å². The van der Waals surface area contributed by atoms with Crippen LogP contribution in [0.4, 0.5) is 11.4 Å². The number of carbonyl (C=O) groups is 2. The molecule has 4 aromatic rings. The van der Waals surface area contributed by atoms with Gasteiger partial charge in [-0.05, 0) is 55.0 Å². The second kappa shape index (κ2) is 8.07. The van der Waals surface area contributed by atoms with Crippen LogP contribution in [0, 0.1) is 6.92 Å². The lowest BCUT2D eigenvalue weighted by atomic mass is 10.2. The fourth-order valence-electron chi connectivity index (χ4n) is 2.71. The Morgan fingerprint density at radius 2 is 1.59 bits per heavy atom. The molecule has 2 aromatic carbocycles. The van der Waals surface area contributed by atoms with Gasteiger partial charge in [0.2, 0.25) is 0 Å². The molecule has 2 heterocycles. The van der Waals surface area contributed by atoms with Crippen molar-refractivity contribution < 1.29 is 9.59 Å². The predicted molar refractivity (Wildman–Crippen MR) is 113 cm³/mol. The quantitative estimate of drug-likeness (QED) is 0.524. The Morgan fingerprint density at radius 3 is 2.24 bits per heavy atom. The third-order valence-electron chi connectivity index (χ3n) is 4.26. The van der Waals surface area contributed by atoms with Crippen LogP contribution in [0.25, 0.3) is 5.69 Å². The molecule has 29 heavy (non-hydrogen) atoms. The number of aryl methyl sites for hydroxylation is 1. The number of carbonyl (C=O) groups excluding carboxylic acids is 2.